The minimum absolute atomic E-state index is 0.188. The number of aliphatic hydroxyl groups is 2. The molecule has 0 radical (unpaired) electrons. The van der Waals surface area contributed by atoms with Gasteiger partial charge in [0.25, 0.3) is 0 Å². The van der Waals surface area contributed by atoms with Gasteiger partial charge >= 0.3 is 5.97 Å². The molecule has 1 fully saturated rings. The molecule has 3 heterocycles. The summed E-state index contributed by atoms with van der Waals surface area (Å²) >= 11 is 0. The van der Waals surface area contributed by atoms with E-state index in [4.69, 9.17) is 15.2 Å². The minimum Gasteiger partial charge on any atom is -0.456 e. The summed E-state index contributed by atoms with van der Waals surface area (Å²) in [6.45, 7) is 2.73. The number of fused-ring (bicyclic) bond motifs is 1. The van der Waals surface area contributed by atoms with Crippen LogP contribution in [0.4, 0.5) is 5.82 Å². The number of nitrogens with two attached hydrogens (primary N) is 1. The van der Waals surface area contributed by atoms with Gasteiger partial charge in [0.1, 0.15) is 30.1 Å². The van der Waals surface area contributed by atoms with Crippen LogP contribution in [0.5, 0.6) is 0 Å². The number of nitrogen functional groups attached to an aromatic ring is 1. The molecule has 0 saturated carbocycles. The third-order valence-corrected chi connectivity index (χ3v) is 4.36. The summed E-state index contributed by atoms with van der Waals surface area (Å²) in [4.78, 5) is 15.8. The van der Waals surface area contributed by atoms with Gasteiger partial charge in [-0.25, -0.2) is 9.50 Å². The van der Waals surface area contributed by atoms with Crippen molar-refractivity contribution in [1.82, 2.24) is 14.6 Å². The standard InChI is InChI=1S/C16H19N5O5/c1-8(2)15(24)25-12-10(5-22)26-16(6-17,13(12)23)11-4-3-9-14(18)19-7-20-21(9)11/h3-4,7-8,10,12-13,22-23H,5H2,1-2H3,(H2,18,19,20)/t10-,12-,13?,16+/m1/s1. The fourth-order valence-electron chi connectivity index (χ4n) is 2.96. The molecule has 138 valence electrons. The fraction of sp³-hybridized carbons (Fsp3) is 0.500. The third-order valence-electron chi connectivity index (χ3n) is 4.36. The second kappa shape index (κ2) is 6.53. The molecule has 3 rings (SSSR count). The molecule has 4 N–H and O–H groups in total. The molecule has 1 aliphatic heterocycles. The van der Waals surface area contributed by atoms with Crippen LogP contribution in [-0.2, 0) is 19.9 Å². The van der Waals surface area contributed by atoms with Gasteiger partial charge in [0.2, 0.25) is 5.60 Å². The molecule has 1 unspecified atom stereocenters. The van der Waals surface area contributed by atoms with E-state index in [1.165, 1.54) is 16.9 Å². The van der Waals surface area contributed by atoms with E-state index in [1.807, 2.05) is 6.07 Å². The first-order chi connectivity index (χ1) is 12.4. The largest absolute Gasteiger partial charge is 0.456 e. The molecule has 1 aliphatic rings. The number of rotatable bonds is 4. The number of hydrogen-bond acceptors (Lipinski definition) is 9. The Balaban J connectivity index is 2.07. The van der Waals surface area contributed by atoms with Crippen molar-refractivity contribution in [1.29, 1.82) is 5.26 Å². The van der Waals surface area contributed by atoms with E-state index in [0.717, 1.165) is 0 Å². The van der Waals surface area contributed by atoms with Crippen molar-refractivity contribution in [3.63, 3.8) is 0 Å². The zero-order chi connectivity index (χ0) is 19.1. The first kappa shape index (κ1) is 18.1. The maximum atomic E-state index is 12.0. The summed E-state index contributed by atoms with van der Waals surface area (Å²) in [5, 5.41) is 34.3. The molecule has 0 bridgehead atoms. The Morgan fingerprint density at radius 2 is 2.31 bits per heavy atom. The topological polar surface area (TPSA) is 156 Å². The summed E-state index contributed by atoms with van der Waals surface area (Å²) in [7, 11) is 0. The van der Waals surface area contributed by atoms with Crippen molar-refractivity contribution >= 4 is 17.3 Å². The first-order valence-electron chi connectivity index (χ1n) is 8.03. The van der Waals surface area contributed by atoms with Crippen LogP contribution in [0.2, 0.25) is 0 Å². The van der Waals surface area contributed by atoms with Crippen LogP contribution in [0.1, 0.15) is 19.5 Å². The number of esters is 1. The SMILES string of the molecule is CC(C)C(=O)O[C@H]1C(O)[C@](C#N)(c2ccc3c(N)ncnn23)O[C@@H]1CO. The number of nitriles is 1. The van der Waals surface area contributed by atoms with Crippen LogP contribution >= 0.6 is 0 Å². The molecular weight excluding hydrogens is 342 g/mol. The van der Waals surface area contributed by atoms with Crippen LogP contribution in [0.15, 0.2) is 18.5 Å². The zero-order valence-electron chi connectivity index (χ0n) is 14.2. The monoisotopic (exact) mass is 361 g/mol. The van der Waals surface area contributed by atoms with Crippen molar-refractivity contribution in [2.24, 2.45) is 5.92 Å². The van der Waals surface area contributed by atoms with Gasteiger partial charge in [0.15, 0.2) is 11.9 Å². The Kier molecular flexibility index (Phi) is 4.53. The number of aliphatic hydroxyl groups excluding tert-OH is 2. The Bertz CT molecular complexity index is 876. The number of carbonyl (C=O) groups is 1. The Morgan fingerprint density at radius 3 is 2.92 bits per heavy atom. The van der Waals surface area contributed by atoms with Gasteiger partial charge in [-0.15, -0.1) is 0 Å². The maximum Gasteiger partial charge on any atom is 0.308 e. The van der Waals surface area contributed by atoms with Gasteiger partial charge in [-0.05, 0) is 12.1 Å². The lowest BCUT2D eigenvalue weighted by Gasteiger charge is -2.25. The van der Waals surface area contributed by atoms with Crippen LogP contribution in [0.25, 0.3) is 5.52 Å². The van der Waals surface area contributed by atoms with Crippen molar-refractivity contribution in [3.05, 3.63) is 24.2 Å². The number of anilines is 1. The summed E-state index contributed by atoms with van der Waals surface area (Å²) in [5.74, 6) is -0.829. The van der Waals surface area contributed by atoms with Crippen LogP contribution in [0.3, 0.4) is 0 Å². The van der Waals surface area contributed by atoms with Gasteiger partial charge in [-0.3, -0.25) is 4.79 Å². The molecule has 1 saturated heterocycles. The van der Waals surface area contributed by atoms with E-state index in [9.17, 15) is 20.3 Å². The van der Waals surface area contributed by atoms with E-state index >= 15 is 0 Å². The van der Waals surface area contributed by atoms with E-state index in [1.54, 1.807) is 19.9 Å². The smallest absolute Gasteiger partial charge is 0.308 e. The Labute approximate surface area is 148 Å². The number of nitrogens with zero attached hydrogens (tertiary/aromatic N) is 4. The second-order valence-corrected chi connectivity index (χ2v) is 6.35. The van der Waals surface area contributed by atoms with Crippen molar-refractivity contribution in [2.45, 2.75) is 37.8 Å². The van der Waals surface area contributed by atoms with Crippen LogP contribution in [0, 0.1) is 17.2 Å². The molecule has 0 aliphatic carbocycles. The molecule has 26 heavy (non-hydrogen) atoms. The molecular formula is C16H19N5O5. The van der Waals surface area contributed by atoms with Crippen LogP contribution < -0.4 is 5.73 Å². The quantitative estimate of drug-likeness (QED) is 0.602. The van der Waals surface area contributed by atoms with Crippen molar-refractivity contribution in [3.8, 4) is 6.07 Å². The van der Waals surface area contributed by atoms with E-state index < -0.39 is 42.4 Å². The van der Waals surface area contributed by atoms with Crippen LogP contribution in [-0.4, -0.2) is 55.7 Å². The lowest BCUT2D eigenvalue weighted by atomic mass is 9.92. The molecule has 0 spiro atoms. The highest BCUT2D eigenvalue weighted by Crippen LogP contribution is 2.41. The summed E-state index contributed by atoms with van der Waals surface area (Å²) < 4.78 is 12.3. The molecule has 0 amide bonds. The molecule has 0 aromatic carbocycles. The number of hydrogen-bond donors (Lipinski definition) is 3. The third kappa shape index (κ3) is 2.57. The predicted octanol–water partition coefficient (Wildman–Crippen LogP) is -0.650. The molecule has 10 heteroatoms. The van der Waals surface area contributed by atoms with E-state index in [2.05, 4.69) is 10.1 Å². The average molecular weight is 361 g/mol. The fourth-order valence-corrected chi connectivity index (χ4v) is 2.96. The van der Waals surface area contributed by atoms with Gasteiger partial charge in [-0.1, -0.05) is 13.8 Å². The van der Waals surface area contributed by atoms with Gasteiger partial charge < -0.3 is 25.4 Å². The lowest BCUT2D eigenvalue weighted by Crippen LogP contribution is -2.43. The average Bonchev–Trinajstić information content (AvgIpc) is 3.17. The highest BCUT2D eigenvalue weighted by Gasteiger charge is 2.59. The first-order valence-corrected chi connectivity index (χ1v) is 8.03. The van der Waals surface area contributed by atoms with Gasteiger partial charge in [-0.2, -0.15) is 10.4 Å². The van der Waals surface area contributed by atoms with Gasteiger partial charge in [0.05, 0.1) is 18.2 Å². The number of carbonyl (C=O) groups excluding carboxylic acids is 1. The summed E-state index contributed by atoms with van der Waals surface area (Å²) in [6, 6.07) is 5.05. The van der Waals surface area contributed by atoms with Crippen molar-refractivity contribution < 1.29 is 24.5 Å². The highest BCUT2D eigenvalue weighted by molar-refractivity contribution is 5.72. The number of aromatic nitrogens is 3. The normalized spacial score (nSPS) is 28.4. The maximum absolute atomic E-state index is 12.0. The van der Waals surface area contributed by atoms with E-state index in [-0.39, 0.29) is 11.5 Å². The van der Waals surface area contributed by atoms with Gasteiger partial charge in [0, 0.05) is 0 Å². The molecule has 2 aromatic heterocycles. The van der Waals surface area contributed by atoms with E-state index in [0.29, 0.717) is 5.52 Å². The highest BCUT2D eigenvalue weighted by atomic mass is 16.6. The predicted molar refractivity (Wildman–Crippen MR) is 87.4 cm³/mol. The number of ether oxygens (including phenoxy) is 2. The lowest BCUT2D eigenvalue weighted by molar-refractivity contribution is -0.160. The molecule has 2 aromatic rings. The molecule has 4 atom stereocenters. The minimum atomic E-state index is -1.90. The Hall–Kier alpha value is -2.74. The van der Waals surface area contributed by atoms with Crippen molar-refractivity contribution in [2.75, 3.05) is 12.3 Å². The molecule has 10 nitrogen and oxygen atoms in total. The summed E-state index contributed by atoms with van der Waals surface area (Å²) in [6.07, 6.45) is -2.61. The second-order valence-electron chi connectivity index (χ2n) is 6.35. The summed E-state index contributed by atoms with van der Waals surface area (Å²) in [5.41, 5.74) is 4.52. The Morgan fingerprint density at radius 1 is 1.58 bits per heavy atom. The zero-order valence-corrected chi connectivity index (χ0v) is 14.2.